The quantitative estimate of drug-likeness (QED) is 0.633. The van der Waals surface area contributed by atoms with Gasteiger partial charge in [0.05, 0.1) is 24.0 Å². The van der Waals surface area contributed by atoms with Crippen molar-refractivity contribution in [2.45, 2.75) is 64.5 Å². The van der Waals surface area contributed by atoms with Crippen molar-refractivity contribution in [2.24, 2.45) is 0 Å². The number of benzene rings is 1. The van der Waals surface area contributed by atoms with Gasteiger partial charge in [-0.15, -0.1) is 0 Å². The molecule has 1 aromatic carbocycles. The SMILES string of the molecule is COC(=O)c1ccc2c(c1)NC(=O)CCCCC[C@H](NC(=O)OC(C)(C)C)C(=O)N2. The van der Waals surface area contributed by atoms with Crippen molar-refractivity contribution in [3.05, 3.63) is 23.8 Å². The smallest absolute Gasteiger partial charge is 0.408 e. The minimum atomic E-state index is -0.803. The summed E-state index contributed by atoms with van der Waals surface area (Å²) in [6.45, 7) is 5.22. The first-order chi connectivity index (χ1) is 14.1. The first-order valence-electron chi connectivity index (χ1n) is 9.91. The molecule has 3 amide bonds. The van der Waals surface area contributed by atoms with Gasteiger partial charge >= 0.3 is 12.1 Å². The fourth-order valence-corrected chi connectivity index (χ4v) is 2.96. The Kier molecular flexibility index (Phi) is 7.79. The van der Waals surface area contributed by atoms with Crippen molar-refractivity contribution < 1.29 is 28.7 Å². The highest BCUT2D eigenvalue weighted by Gasteiger charge is 2.25. The third-order valence-corrected chi connectivity index (χ3v) is 4.38. The zero-order chi connectivity index (χ0) is 22.3. The summed E-state index contributed by atoms with van der Waals surface area (Å²) in [6, 6.07) is 3.64. The monoisotopic (exact) mass is 419 g/mol. The Hall–Kier alpha value is -3.10. The Labute approximate surface area is 175 Å². The van der Waals surface area contributed by atoms with Gasteiger partial charge in [-0.05, 0) is 51.8 Å². The van der Waals surface area contributed by atoms with Crippen molar-refractivity contribution in [3.8, 4) is 0 Å². The van der Waals surface area contributed by atoms with E-state index in [-0.39, 0.29) is 17.2 Å². The Morgan fingerprint density at radius 1 is 1.07 bits per heavy atom. The molecule has 0 bridgehead atoms. The minimum Gasteiger partial charge on any atom is -0.465 e. The number of fused-ring (bicyclic) bond motifs is 1. The summed E-state index contributed by atoms with van der Waals surface area (Å²) in [5.74, 6) is -1.21. The van der Waals surface area contributed by atoms with Crippen LogP contribution >= 0.6 is 0 Å². The molecule has 30 heavy (non-hydrogen) atoms. The summed E-state index contributed by atoms with van der Waals surface area (Å²) in [4.78, 5) is 49.1. The Morgan fingerprint density at radius 3 is 2.47 bits per heavy atom. The molecule has 0 unspecified atom stereocenters. The molecule has 1 aliphatic rings. The third kappa shape index (κ3) is 7.06. The number of nitrogens with one attached hydrogen (secondary N) is 3. The lowest BCUT2D eigenvalue weighted by Gasteiger charge is -2.24. The van der Waals surface area contributed by atoms with E-state index in [1.165, 1.54) is 25.3 Å². The highest BCUT2D eigenvalue weighted by atomic mass is 16.6. The van der Waals surface area contributed by atoms with Gasteiger partial charge in [0.2, 0.25) is 11.8 Å². The van der Waals surface area contributed by atoms with Crippen molar-refractivity contribution in [1.82, 2.24) is 5.32 Å². The number of alkyl carbamates (subject to hydrolysis) is 1. The molecule has 1 aromatic rings. The van der Waals surface area contributed by atoms with Gasteiger partial charge in [0.15, 0.2) is 0 Å². The maximum Gasteiger partial charge on any atom is 0.408 e. The lowest BCUT2D eigenvalue weighted by Crippen LogP contribution is -2.45. The van der Waals surface area contributed by atoms with Crippen LogP contribution in [0.5, 0.6) is 0 Å². The molecule has 2 rings (SSSR count). The van der Waals surface area contributed by atoms with Crippen LogP contribution in [0.2, 0.25) is 0 Å². The minimum absolute atomic E-state index is 0.212. The predicted molar refractivity (Wildman–Crippen MR) is 111 cm³/mol. The molecule has 3 N–H and O–H groups in total. The zero-order valence-corrected chi connectivity index (χ0v) is 17.8. The number of carbonyl (C=O) groups is 4. The van der Waals surface area contributed by atoms with Crippen LogP contribution in [0.15, 0.2) is 18.2 Å². The first-order valence-corrected chi connectivity index (χ1v) is 9.91. The molecular formula is C21H29N3O6. The third-order valence-electron chi connectivity index (χ3n) is 4.38. The number of carbonyl (C=O) groups excluding carboxylic acids is 4. The van der Waals surface area contributed by atoms with Gasteiger partial charge in [0, 0.05) is 6.42 Å². The first kappa shape index (κ1) is 23.2. The van der Waals surface area contributed by atoms with Gasteiger partial charge in [-0.2, -0.15) is 0 Å². The van der Waals surface area contributed by atoms with Crippen molar-refractivity contribution in [1.29, 1.82) is 0 Å². The fourth-order valence-electron chi connectivity index (χ4n) is 2.96. The number of hydrogen-bond donors (Lipinski definition) is 3. The molecule has 1 heterocycles. The van der Waals surface area contributed by atoms with E-state index >= 15 is 0 Å². The molecule has 0 fully saturated rings. The molecular weight excluding hydrogens is 390 g/mol. The lowest BCUT2D eigenvalue weighted by atomic mass is 10.0. The Morgan fingerprint density at radius 2 is 1.80 bits per heavy atom. The van der Waals surface area contributed by atoms with Crippen LogP contribution in [0.4, 0.5) is 16.2 Å². The van der Waals surface area contributed by atoms with E-state index in [0.717, 1.165) is 6.42 Å². The number of amides is 3. The topological polar surface area (TPSA) is 123 Å². The summed E-state index contributed by atoms with van der Waals surface area (Å²) >= 11 is 0. The largest absolute Gasteiger partial charge is 0.465 e. The molecule has 1 atom stereocenters. The number of esters is 1. The van der Waals surface area contributed by atoms with Gasteiger partial charge < -0.3 is 25.4 Å². The molecule has 9 nitrogen and oxygen atoms in total. The van der Waals surface area contributed by atoms with E-state index in [4.69, 9.17) is 9.47 Å². The number of ether oxygens (including phenoxy) is 2. The van der Waals surface area contributed by atoms with Gasteiger partial charge in [-0.3, -0.25) is 9.59 Å². The van der Waals surface area contributed by atoms with Crippen molar-refractivity contribution in [3.63, 3.8) is 0 Å². The van der Waals surface area contributed by atoms with Gasteiger partial charge in [0.1, 0.15) is 11.6 Å². The summed E-state index contributed by atoms with van der Waals surface area (Å²) in [5, 5.41) is 8.08. The van der Waals surface area contributed by atoms with Crippen molar-refractivity contribution in [2.75, 3.05) is 17.7 Å². The lowest BCUT2D eigenvalue weighted by molar-refractivity contribution is -0.118. The summed E-state index contributed by atoms with van der Waals surface area (Å²) in [5.41, 5.74) is 0.152. The van der Waals surface area contributed by atoms with E-state index < -0.39 is 29.6 Å². The highest BCUT2D eigenvalue weighted by molar-refractivity contribution is 6.03. The maximum absolute atomic E-state index is 12.9. The standard InChI is InChI=1S/C21H29N3O6/c1-21(2,3)30-20(28)24-15-8-6-5-7-9-17(25)22-16-12-13(19(27)29-4)10-11-14(16)23-18(15)26/h10-12,15H,5-9H2,1-4H3,(H,22,25)(H,23,26)(H,24,28)/t15-/m0/s1. The van der Waals surface area contributed by atoms with Gasteiger partial charge in [0.25, 0.3) is 0 Å². The van der Waals surface area contributed by atoms with E-state index in [2.05, 4.69) is 16.0 Å². The highest BCUT2D eigenvalue weighted by Crippen LogP contribution is 2.25. The van der Waals surface area contributed by atoms with Crippen LogP contribution < -0.4 is 16.0 Å². The fraction of sp³-hybridized carbons (Fsp3) is 0.524. The average Bonchev–Trinajstić information content (AvgIpc) is 2.65. The van der Waals surface area contributed by atoms with Crippen LogP contribution in [0.3, 0.4) is 0 Å². The average molecular weight is 419 g/mol. The van der Waals surface area contributed by atoms with E-state index in [1.54, 1.807) is 20.8 Å². The number of rotatable bonds is 2. The molecule has 0 saturated heterocycles. The normalized spacial score (nSPS) is 17.9. The second kappa shape index (κ2) is 10.1. The molecule has 1 aliphatic heterocycles. The predicted octanol–water partition coefficient (Wildman–Crippen LogP) is 3.21. The summed E-state index contributed by atoms with van der Waals surface area (Å²) < 4.78 is 9.97. The van der Waals surface area contributed by atoms with Crippen LogP contribution in [-0.4, -0.2) is 42.6 Å². The molecule has 0 radical (unpaired) electrons. The second-order valence-corrected chi connectivity index (χ2v) is 8.09. The maximum atomic E-state index is 12.9. The van der Waals surface area contributed by atoms with E-state index in [0.29, 0.717) is 31.4 Å². The number of methoxy groups -OCH3 is 1. The molecule has 0 saturated carbocycles. The van der Waals surface area contributed by atoms with Crippen LogP contribution in [0.1, 0.15) is 63.2 Å². The van der Waals surface area contributed by atoms with E-state index in [1.807, 2.05) is 0 Å². The Balaban J connectivity index is 2.27. The Bertz CT molecular complexity index is 815. The van der Waals surface area contributed by atoms with Gasteiger partial charge in [-0.25, -0.2) is 9.59 Å². The number of hydrogen-bond acceptors (Lipinski definition) is 6. The molecule has 0 aliphatic carbocycles. The van der Waals surface area contributed by atoms with Crippen LogP contribution in [0, 0.1) is 0 Å². The number of anilines is 2. The van der Waals surface area contributed by atoms with E-state index in [9.17, 15) is 19.2 Å². The van der Waals surface area contributed by atoms with Gasteiger partial charge in [-0.1, -0.05) is 12.8 Å². The van der Waals surface area contributed by atoms with Crippen LogP contribution in [0.25, 0.3) is 0 Å². The summed E-state index contributed by atoms with van der Waals surface area (Å²) in [7, 11) is 1.26. The molecule has 164 valence electrons. The molecule has 9 heteroatoms. The van der Waals surface area contributed by atoms with Crippen molar-refractivity contribution >= 4 is 35.3 Å². The molecule has 0 aromatic heterocycles. The summed E-state index contributed by atoms with van der Waals surface area (Å²) in [6.07, 6.45) is 2.06. The molecule has 0 spiro atoms. The van der Waals surface area contributed by atoms with Crippen LogP contribution in [-0.2, 0) is 19.1 Å². The zero-order valence-electron chi connectivity index (χ0n) is 17.8. The second-order valence-electron chi connectivity index (χ2n) is 8.09.